The Morgan fingerprint density at radius 1 is 1.28 bits per heavy atom. The van der Waals surface area contributed by atoms with Crippen LogP contribution in [-0.4, -0.2) is 26.3 Å². The molecule has 100 valence electrons. The lowest BCUT2D eigenvalue weighted by Gasteiger charge is -2.12. The van der Waals surface area contributed by atoms with E-state index < -0.39 is 12.1 Å². The molecule has 0 heterocycles. The maximum Gasteiger partial charge on any atom is 0.471 e. The molecule has 4 nitrogen and oxygen atoms in total. The van der Waals surface area contributed by atoms with Crippen LogP contribution in [0.25, 0.3) is 0 Å². The molecule has 0 aliphatic rings. The van der Waals surface area contributed by atoms with Crippen molar-refractivity contribution >= 4 is 5.91 Å². The van der Waals surface area contributed by atoms with E-state index in [1.165, 1.54) is 26.4 Å². The normalized spacial score (nSPS) is 10.9. The number of hydrogen-bond acceptors (Lipinski definition) is 3. The second-order valence-electron chi connectivity index (χ2n) is 3.36. The number of benzene rings is 1. The minimum atomic E-state index is -4.89. The summed E-state index contributed by atoms with van der Waals surface area (Å²) < 4.78 is 45.9. The second kappa shape index (κ2) is 5.61. The Morgan fingerprint density at radius 3 is 2.44 bits per heavy atom. The van der Waals surface area contributed by atoms with Gasteiger partial charge in [0.05, 0.1) is 14.2 Å². The summed E-state index contributed by atoms with van der Waals surface area (Å²) in [6.45, 7) is -0.272. The first-order valence-electron chi connectivity index (χ1n) is 4.94. The van der Waals surface area contributed by atoms with Crippen LogP contribution in [-0.2, 0) is 11.3 Å². The Labute approximate surface area is 102 Å². The molecule has 0 unspecified atom stereocenters. The maximum absolute atomic E-state index is 12.0. The van der Waals surface area contributed by atoms with Crippen molar-refractivity contribution in [3.8, 4) is 11.5 Å². The fourth-order valence-corrected chi connectivity index (χ4v) is 1.27. The van der Waals surface area contributed by atoms with Crippen LogP contribution < -0.4 is 14.8 Å². The number of nitrogens with one attached hydrogen (secondary N) is 1. The number of hydrogen-bond donors (Lipinski definition) is 1. The third-order valence-electron chi connectivity index (χ3n) is 2.19. The van der Waals surface area contributed by atoms with Crippen molar-refractivity contribution in [1.82, 2.24) is 5.32 Å². The summed E-state index contributed by atoms with van der Waals surface area (Å²) in [6, 6.07) is 4.61. The molecule has 0 saturated heterocycles. The molecule has 0 aromatic heterocycles. The zero-order valence-electron chi connectivity index (χ0n) is 9.80. The first kappa shape index (κ1) is 14.1. The number of rotatable bonds is 4. The Kier molecular flexibility index (Phi) is 4.41. The highest BCUT2D eigenvalue weighted by Gasteiger charge is 2.38. The number of ether oxygens (including phenoxy) is 2. The summed E-state index contributed by atoms with van der Waals surface area (Å²) in [6.07, 6.45) is -4.89. The molecule has 0 aliphatic heterocycles. The van der Waals surface area contributed by atoms with E-state index in [0.717, 1.165) is 0 Å². The highest BCUT2D eigenvalue weighted by atomic mass is 19.4. The molecule has 1 rings (SSSR count). The minimum Gasteiger partial charge on any atom is -0.497 e. The van der Waals surface area contributed by atoms with Crippen LogP contribution in [0.2, 0.25) is 0 Å². The maximum atomic E-state index is 12.0. The summed E-state index contributed by atoms with van der Waals surface area (Å²) in [4.78, 5) is 10.7. The quantitative estimate of drug-likeness (QED) is 0.902. The number of carbonyl (C=O) groups is 1. The summed E-state index contributed by atoms with van der Waals surface area (Å²) in [5.74, 6) is -1.13. The molecule has 0 saturated carbocycles. The molecule has 0 fully saturated rings. The van der Waals surface area contributed by atoms with Crippen LogP contribution in [0.1, 0.15) is 5.56 Å². The molecular weight excluding hydrogens is 251 g/mol. The van der Waals surface area contributed by atoms with Gasteiger partial charge in [-0.25, -0.2) is 0 Å². The fourth-order valence-electron chi connectivity index (χ4n) is 1.27. The molecule has 1 aromatic carbocycles. The highest BCUT2D eigenvalue weighted by molar-refractivity contribution is 5.81. The van der Waals surface area contributed by atoms with Crippen molar-refractivity contribution in [3.05, 3.63) is 23.8 Å². The highest BCUT2D eigenvalue weighted by Crippen LogP contribution is 2.24. The zero-order valence-corrected chi connectivity index (χ0v) is 9.80. The van der Waals surface area contributed by atoms with Gasteiger partial charge in [-0.1, -0.05) is 0 Å². The zero-order chi connectivity index (χ0) is 13.8. The van der Waals surface area contributed by atoms with Gasteiger partial charge in [0, 0.05) is 18.2 Å². The molecule has 0 bridgehead atoms. The van der Waals surface area contributed by atoms with E-state index in [4.69, 9.17) is 9.47 Å². The summed E-state index contributed by atoms with van der Waals surface area (Å²) in [5, 5.41) is 1.77. The lowest BCUT2D eigenvalue weighted by Crippen LogP contribution is -2.36. The van der Waals surface area contributed by atoms with Gasteiger partial charge in [-0.2, -0.15) is 13.2 Å². The molecule has 1 N–H and O–H groups in total. The van der Waals surface area contributed by atoms with Crippen LogP contribution in [0.5, 0.6) is 11.5 Å². The molecule has 0 spiro atoms. The smallest absolute Gasteiger partial charge is 0.471 e. The number of alkyl halides is 3. The monoisotopic (exact) mass is 263 g/mol. The predicted molar refractivity (Wildman–Crippen MR) is 57.4 cm³/mol. The van der Waals surface area contributed by atoms with Gasteiger partial charge in [0.15, 0.2) is 0 Å². The van der Waals surface area contributed by atoms with E-state index in [9.17, 15) is 18.0 Å². The number of carbonyl (C=O) groups excluding carboxylic acids is 1. The Morgan fingerprint density at radius 2 is 1.94 bits per heavy atom. The van der Waals surface area contributed by atoms with Gasteiger partial charge in [-0.3, -0.25) is 4.79 Å². The topological polar surface area (TPSA) is 47.6 Å². The fraction of sp³-hybridized carbons (Fsp3) is 0.364. The van der Waals surface area contributed by atoms with Crippen LogP contribution in [0.15, 0.2) is 18.2 Å². The molecule has 1 aromatic rings. The van der Waals surface area contributed by atoms with Crippen molar-refractivity contribution in [2.24, 2.45) is 0 Å². The second-order valence-corrected chi connectivity index (χ2v) is 3.36. The Hall–Kier alpha value is -1.92. The Balaban J connectivity index is 2.76. The van der Waals surface area contributed by atoms with Gasteiger partial charge < -0.3 is 14.8 Å². The van der Waals surface area contributed by atoms with Gasteiger partial charge in [-0.05, 0) is 12.1 Å². The van der Waals surface area contributed by atoms with Gasteiger partial charge in [0.1, 0.15) is 11.5 Å². The van der Waals surface area contributed by atoms with Crippen LogP contribution in [0.3, 0.4) is 0 Å². The van der Waals surface area contributed by atoms with Crippen molar-refractivity contribution < 1.29 is 27.4 Å². The van der Waals surface area contributed by atoms with E-state index in [0.29, 0.717) is 17.1 Å². The summed E-state index contributed by atoms with van der Waals surface area (Å²) in [5.41, 5.74) is 0.427. The molecule has 0 atom stereocenters. The number of methoxy groups -OCH3 is 2. The first-order valence-corrected chi connectivity index (χ1v) is 4.94. The van der Waals surface area contributed by atoms with Crippen molar-refractivity contribution in [3.63, 3.8) is 0 Å². The van der Waals surface area contributed by atoms with Gasteiger partial charge in [-0.15, -0.1) is 0 Å². The van der Waals surface area contributed by atoms with Crippen LogP contribution in [0.4, 0.5) is 13.2 Å². The minimum absolute atomic E-state index is 0.272. The van der Waals surface area contributed by atoms with E-state index in [1.54, 1.807) is 11.4 Å². The van der Waals surface area contributed by atoms with Crippen molar-refractivity contribution in [1.29, 1.82) is 0 Å². The predicted octanol–water partition coefficient (Wildman–Crippen LogP) is 1.88. The average molecular weight is 263 g/mol. The lowest BCUT2D eigenvalue weighted by atomic mass is 10.2. The SMILES string of the molecule is COc1ccc(CNC(=O)C(F)(F)F)c(OC)c1. The van der Waals surface area contributed by atoms with Crippen molar-refractivity contribution in [2.75, 3.05) is 14.2 Å². The molecule has 1 amide bonds. The third kappa shape index (κ3) is 3.54. The van der Waals surface area contributed by atoms with Crippen LogP contribution in [0, 0.1) is 0 Å². The van der Waals surface area contributed by atoms with E-state index in [-0.39, 0.29) is 6.54 Å². The largest absolute Gasteiger partial charge is 0.497 e. The lowest BCUT2D eigenvalue weighted by molar-refractivity contribution is -0.173. The van der Waals surface area contributed by atoms with Gasteiger partial charge in [0.2, 0.25) is 0 Å². The third-order valence-corrected chi connectivity index (χ3v) is 2.19. The average Bonchev–Trinajstić information content (AvgIpc) is 2.34. The van der Waals surface area contributed by atoms with Gasteiger partial charge >= 0.3 is 12.1 Å². The standard InChI is InChI=1S/C11H12F3NO3/c1-17-8-4-3-7(9(5-8)18-2)6-15-10(16)11(12,13)14/h3-5H,6H2,1-2H3,(H,15,16). The molecular formula is C11H12F3NO3. The number of amides is 1. The van der Waals surface area contributed by atoms with E-state index >= 15 is 0 Å². The van der Waals surface area contributed by atoms with E-state index in [2.05, 4.69) is 0 Å². The van der Waals surface area contributed by atoms with Gasteiger partial charge in [0.25, 0.3) is 0 Å². The van der Waals surface area contributed by atoms with Crippen molar-refractivity contribution in [2.45, 2.75) is 12.7 Å². The van der Waals surface area contributed by atoms with E-state index in [1.807, 2.05) is 0 Å². The molecule has 18 heavy (non-hydrogen) atoms. The molecule has 0 aliphatic carbocycles. The van der Waals surface area contributed by atoms with Crippen LogP contribution >= 0.6 is 0 Å². The first-order chi connectivity index (χ1) is 8.38. The summed E-state index contributed by atoms with van der Waals surface area (Å²) >= 11 is 0. The molecule has 7 heteroatoms. The summed E-state index contributed by atoms with van der Waals surface area (Å²) in [7, 11) is 2.84. The molecule has 0 radical (unpaired) electrons. The Bertz CT molecular complexity index is 432. The number of halogens is 3.